The summed E-state index contributed by atoms with van der Waals surface area (Å²) in [5.74, 6) is 0.886. The number of benzene rings is 2. The van der Waals surface area contributed by atoms with E-state index in [1.807, 2.05) is 18.2 Å². The third-order valence-electron chi connectivity index (χ3n) is 3.92. The van der Waals surface area contributed by atoms with Gasteiger partial charge in [-0.15, -0.1) is 0 Å². The van der Waals surface area contributed by atoms with Crippen molar-refractivity contribution >= 4 is 15.4 Å². The van der Waals surface area contributed by atoms with Crippen LogP contribution in [0.1, 0.15) is 56.2 Å². The summed E-state index contributed by atoms with van der Waals surface area (Å²) in [7, 11) is 3.76. The normalized spacial score (nSPS) is 11.4. The smallest absolute Gasteiger partial charge is 0.0716 e. The van der Waals surface area contributed by atoms with Crippen molar-refractivity contribution in [2.75, 3.05) is 0 Å². The van der Waals surface area contributed by atoms with Crippen molar-refractivity contribution in [1.29, 1.82) is 0 Å². The van der Waals surface area contributed by atoms with E-state index in [1.54, 1.807) is 0 Å². The van der Waals surface area contributed by atoms with Crippen molar-refractivity contribution in [3.63, 3.8) is 0 Å². The van der Waals surface area contributed by atoms with E-state index in [2.05, 4.69) is 56.1 Å². The van der Waals surface area contributed by atoms with Crippen LogP contribution in [0, 0.1) is 0 Å². The van der Waals surface area contributed by atoms with Gasteiger partial charge < -0.3 is 5.11 Å². The highest BCUT2D eigenvalue weighted by molar-refractivity contribution is 6.33. The Labute approximate surface area is 131 Å². The van der Waals surface area contributed by atoms with Crippen molar-refractivity contribution in [2.24, 2.45) is 0 Å². The van der Waals surface area contributed by atoms with Crippen molar-refractivity contribution in [2.45, 2.75) is 46.1 Å². The minimum atomic E-state index is 0.0698. The van der Waals surface area contributed by atoms with Gasteiger partial charge in [0.05, 0.1) is 16.8 Å². The summed E-state index contributed by atoms with van der Waals surface area (Å²) in [5, 5.41) is 10.8. The molecule has 0 bridgehead atoms. The van der Waals surface area contributed by atoms with Gasteiger partial charge in [-0.3, -0.25) is 0 Å². The van der Waals surface area contributed by atoms with Crippen LogP contribution in [0.5, 0.6) is 0 Å². The molecule has 0 aliphatic heterocycles. The topological polar surface area (TPSA) is 20.2 Å². The van der Waals surface area contributed by atoms with Gasteiger partial charge in [-0.2, -0.15) is 0 Å². The molecule has 0 amide bonds. The van der Waals surface area contributed by atoms with Crippen LogP contribution in [0.2, 0.25) is 0 Å². The Morgan fingerprint density at radius 3 is 2.05 bits per heavy atom. The first-order valence-corrected chi connectivity index (χ1v) is 8.04. The van der Waals surface area contributed by atoms with Crippen LogP contribution in [0.4, 0.5) is 0 Å². The van der Waals surface area contributed by atoms with E-state index < -0.39 is 0 Å². The van der Waals surface area contributed by atoms with E-state index in [9.17, 15) is 5.11 Å². The average molecular weight is 295 g/mol. The van der Waals surface area contributed by atoms with Crippen LogP contribution < -0.4 is 5.19 Å². The molecule has 109 valence electrons. The van der Waals surface area contributed by atoms with Crippen LogP contribution in [0.3, 0.4) is 0 Å². The molecule has 2 aromatic rings. The van der Waals surface area contributed by atoms with Gasteiger partial charge >= 0.3 is 0 Å². The molecule has 3 radical (unpaired) electrons. The summed E-state index contributed by atoms with van der Waals surface area (Å²) in [6.07, 6.45) is 0. The predicted molar refractivity (Wildman–Crippen MR) is 91.4 cm³/mol. The first-order chi connectivity index (χ1) is 9.97. The fraction of sp³-hybridized carbons (Fsp3) is 0.368. The van der Waals surface area contributed by atoms with Crippen molar-refractivity contribution in [3.8, 4) is 11.1 Å². The lowest BCUT2D eigenvalue weighted by molar-refractivity contribution is 0.282. The predicted octanol–water partition coefficient (Wildman–Crippen LogP) is 3.89. The van der Waals surface area contributed by atoms with E-state index >= 15 is 0 Å². The molecule has 0 atom stereocenters. The average Bonchev–Trinajstić information content (AvgIpc) is 2.46. The highest BCUT2D eigenvalue weighted by Crippen LogP contribution is 2.35. The number of aliphatic hydroxyl groups is 1. The number of aliphatic hydroxyl groups excluding tert-OH is 1. The van der Waals surface area contributed by atoms with E-state index in [-0.39, 0.29) is 6.61 Å². The Morgan fingerprint density at radius 1 is 0.857 bits per heavy atom. The Bertz CT molecular complexity index is 629. The Hall–Kier alpha value is -1.38. The van der Waals surface area contributed by atoms with Crippen LogP contribution in [0.15, 0.2) is 36.4 Å². The minimum absolute atomic E-state index is 0.0698. The molecule has 2 rings (SSSR count). The molecule has 1 N–H and O–H groups in total. The number of hydrogen-bond acceptors (Lipinski definition) is 1. The molecule has 21 heavy (non-hydrogen) atoms. The van der Waals surface area contributed by atoms with E-state index in [0.29, 0.717) is 11.8 Å². The van der Waals surface area contributed by atoms with Gasteiger partial charge in [-0.1, -0.05) is 69.3 Å². The summed E-state index contributed by atoms with van der Waals surface area (Å²) < 4.78 is 0. The molecule has 2 aromatic carbocycles. The van der Waals surface area contributed by atoms with Crippen LogP contribution >= 0.6 is 0 Å². The summed E-state index contributed by atoms with van der Waals surface area (Å²) in [5.41, 5.74) is 6.10. The standard InChI is InChI=1S/C19H23OSi/c1-12(2)18-16(9-10-17(21)19(18)13(3)4)15-8-6-5-7-14(15)11-20/h5-10,12-13,20H,11H2,1-4H3. The second-order valence-electron chi connectivity index (χ2n) is 6.11. The van der Waals surface area contributed by atoms with E-state index in [1.165, 1.54) is 21.9 Å². The van der Waals surface area contributed by atoms with Gasteiger partial charge in [0.25, 0.3) is 0 Å². The number of hydrogen-bond donors (Lipinski definition) is 1. The lowest BCUT2D eigenvalue weighted by Crippen LogP contribution is -2.17. The second-order valence-corrected chi connectivity index (χ2v) is 6.65. The highest BCUT2D eigenvalue weighted by Gasteiger charge is 2.18. The molecular formula is C19H23OSi. The van der Waals surface area contributed by atoms with E-state index in [4.69, 9.17) is 0 Å². The molecule has 0 saturated heterocycles. The summed E-state index contributed by atoms with van der Waals surface area (Å²) in [6, 6.07) is 12.4. The van der Waals surface area contributed by atoms with Gasteiger partial charge in [0.15, 0.2) is 0 Å². The summed E-state index contributed by atoms with van der Waals surface area (Å²) >= 11 is 0. The van der Waals surface area contributed by atoms with Crippen LogP contribution in [-0.2, 0) is 6.61 Å². The molecule has 0 spiro atoms. The second kappa shape index (κ2) is 6.59. The van der Waals surface area contributed by atoms with Gasteiger partial charge in [0.1, 0.15) is 0 Å². The van der Waals surface area contributed by atoms with Gasteiger partial charge in [0.2, 0.25) is 0 Å². The zero-order valence-electron chi connectivity index (χ0n) is 13.3. The lowest BCUT2D eigenvalue weighted by atomic mass is 9.83. The molecule has 0 aromatic heterocycles. The van der Waals surface area contributed by atoms with Crippen molar-refractivity contribution in [3.05, 3.63) is 53.1 Å². The molecule has 0 saturated carbocycles. The van der Waals surface area contributed by atoms with Gasteiger partial charge in [-0.25, -0.2) is 0 Å². The molecule has 0 unspecified atom stereocenters. The zero-order valence-corrected chi connectivity index (χ0v) is 14.3. The van der Waals surface area contributed by atoms with Crippen LogP contribution in [-0.4, -0.2) is 15.3 Å². The highest BCUT2D eigenvalue weighted by atomic mass is 28.1. The molecule has 1 nitrogen and oxygen atoms in total. The van der Waals surface area contributed by atoms with E-state index in [0.717, 1.165) is 11.1 Å². The Balaban J connectivity index is 2.78. The fourth-order valence-electron chi connectivity index (χ4n) is 3.04. The largest absolute Gasteiger partial charge is 0.392 e. The maximum atomic E-state index is 9.63. The molecule has 0 fully saturated rings. The molecule has 0 aliphatic rings. The van der Waals surface area contributed by atoms with Gasteiger partial charge in [0, 0.05) is 0 Å². The molecule has 2 heteroatoms. The number of rotatable bonds is 4. The maximum absolute atomic E-state index is 9.63. The fourth-order valence-corrected chi connectivity index (χ4v) is 3.54. The molecule has 0 heterocycles. The monoisotopic (exact) mass is 295 g/mol. The third-order valence-corrected chi connectivity index (χ3v) is 4.36. The van der Waals surface area contributed by atoms with Crippen molar-refractivity contribution in [1.82, 2.24) is 0 Å². The lowest BCUT2D eigenvalue weighted by Gasteiger charge is -2.24. The summed E-state index contributed by atoms with van der Waals surface area (Å²) in [4.78, 5) is 0. The third kappa shape index (κ3) is 3.12. The molecule has 0 aliphatic carbocycles. The maximum Gasteiger partial charge on any atom is 0.0716 e. The quantitative estimate of drug-likeness (QED) is 0.849. The Kier molecular flexibility index (Phi) is 5.02. The first-order valence-electron chi connectivity index (χ1n) is 7.54. The Morgan fingerprint density at radius 2 is 1.48 bits per heavy atom. The summed E-state index contributed by atoms with van der Waals surface area (Å²) in [6.45, 7) is 9.00. The molecular weight excluding hydrogens is 272 g/mol. The first kappa shape index (κ1) is 16.0. The minimum Gasteiger partial charge on any atom is -0.392 e. The van der Waals surface area contributed by atoms with Crippen molar-refractivity contribution < 1.29 is 5.11 Å². The SMILES string of the molecule is CC(C)c1c([Si])ccc(-c2ccccc2CO)c1C(C)C. The van der Waals surface area contributed by atoms with Gasteiger partial charge in [-0.05, 0) is 39.7 Å². The zero-order chi connectivity index (χ0) is 15.6. The van der Waals surface area contributed by atoms with Crippen LogP contribution in [0.25, 0.3) is 11.1 Å².